The second kappa shape index (κ2) is 3.26. The Labute approximate surface area is 74.2 Å². The monoisotopic (exact) mass is 164 g/mol. The molecule has 0 aromatic carbocycles. The molecule has 0 radical (unpaired) electrons. The Balaban J connectivity index is 2.80. The van der Waals surface area contributed by atoms with Gasteiger partial charge in [0.15, 0.2) is 5.78 Å². The van der Waals surface area contributed by atoms with Crippen LogP contribution in [0.4, 0.5) is 0 Å². The predicted molar refractivity (Wildman–Crippen MR) is 50.9 cm³/mol. The summed E-state index contributed by atoms with van der Waals surface area (Å²) in [6.07, 6.45) is 5.51. The van der Waals surface area contributed by atoms with Crippen molar-refractivity contribution in [3.63, 3.8) is 0 Å². The molecule has 0 saturated heterocycles. The maximum absolute atomic E-state index is 11.4. The van der Waals surface area contributed by atoms with Gasteiger partial charge in [0.1, 0.15) is 0 Å². The van der Waals surface area contributed by atoms with Crippen LogP contribution < -0.4 is 0 Å². The summed E-state index contributed by atoms with van der Waals surface area (Å²) >= 11 is 0. The number of carbonyl (C=O) groups is 1. The summed E-state index contributed by atoms with van der Waals surface area (Å²) in [7, 11) is 0. The molecule has 0 aromatic rings. The number of rotatable bonds is 2. The van der Waals surface area contributed by atoms with Gasteiger partial charge in [-0.05, 0) is 30.3 Å². The molecule has 1 atom stereocenters. The number of hydrogen-bond donors (Lipinski definition) is 0. The van der Waals surface area contributed by atoms with Gasteiger partial charge in [-0.15, -0.1) is 6.58 Å². The van der Waals surface area contributed by atoms with Crippen LogP contribution in [-0.2, 0) is 4.79 Å². The number of hydrogen-bond acceptors (Lipinski definition) is 1. The van der Waals surface area contributed by atoms with Crippen molar-refractivity contribution in [2.45, 2.75) is 32.6 Å². The summed E-state index contributed by atoms with van der Waals surface area (Å²) in [5.74, 6) is 0.241. The van der Waals surface area contributed by atoms with E-state index in [2.05, 4.69) is 20.1 Å². The fraction of sp³-hybridized carbons (Fsp3) is 0.545. The third-order valence-corrected chi connectivity index (χ3v) is 2.79. The average Bonchev–Trinajstić information content (AvgIpc) is 2.01. The lowest BCUT2D eigenvalue weighted by molar-refractivity contribution is -0.118. The topological polar surface area (TPSA) is 17.1 Å². The number of ketones is 1. The average molecular weight is 164 g/mol. The first-order valence-electron chi connectivity index (χ1n) is 4.43. The first-order chi connectivity index (χ1) is 5.60. The van der Waals surface area contributed by atoms with Crippen molar-refractivity contribution in [2.75, 3.05) is 0 Å². The van der Waals surface area contributed by atoms with Gasteiger partial charge < -0.3 is 0 Å². The van der Waals surface area contributed by atoms with Crippen LogP contribution in [0.15, 0.2) is 24.8 Å². The fourth-order valence-corrected chi connectivity index (χ4v) is 1.82. The Morgan fingerprint density at radius 1 is 1.67 bits per heavy atom. The molecule has 1 aliphatic carbocycles. The Bertz CT molecular complexity index is 227. The van der Waals surface area contributed by atoms with Gasteiger partial charge in [-0.1, -0.05) is 19.6 Å². The third-order valence-electron chi connectivity index (χ3n) is 2.79. The molecule has 1 heteroatoms. The molecule has 66 valence electrons. The molecule has 0 heterocycles. The van der Waals surface area contributed by atoms with Crippen molar-refractivity contribution in [1.82, 2.24) is 0 Å². The zero-order valence-corrected chi connectivity index (χ0v) is 7.73. The highest BCUT2D eigenvalue weighted by atomic mass is 16.1. The highest BCUT2D eigenvalue weighted by Gasteiger charge is 2.33. The molecule has 1 nitrogen and oxygen atoms in total. The van der Waals surface area contributed by atoms with Gasteiger partial charge in [0.05, 0.1) is 0 Å². The summed E-state index contributed by atoms with van der Waals surface area (Å²) in [5, 5.41) is 0. The van der Waals surface area contributed by atoms with Crippen LogP contribution in [0.1, 0.15) is 32.6 Å². The van der Waals surface area contributed by atoms with E-state index >= 15 is 0 Å². The van der Waals surface area contributed by atoms with Crippen LogP contribution in [0.5, 0.6) is 0 Å². The Morgan fingerprint density at radius 3 is 2.92 bits per heavy atom. The highest BCUT2D eigenvalue weighted by Crippen LogP contribution is 2.40. The van der Waals surface area contributed by atoms with Gasteiger partial charge >= 0.3 is 0 Å². The molecule has 1 saturated carbocycles. The van der Waals surface area contributed by atoms with E-state index in [0.717, 1.165) is 24.8 Å². The van der Waals surface area contributed by atoms with Crippen molar-refractivity contribution in [3.05, 3.63) is 24.8 Å². The van der Waals surface area contributed by atoms with E-state index in [0.29, 0.717) is 6.42 Å². The lowest BCUT2D eigenvalue weighted by Crippen LogP contribution is -2.28. The van der Waals surface area contributed by atoms with E-state index in [1.165, 1.54) is 0 Å². The maximum Gasteiger partial charge on any atom is 0.158 e. The first kappa shape index (κ1) is 9.24. The van der Waals surface area contributed by atoms with Gasteiger partial charge in [-0.25, -0.2) is 0 Å². The first-order valence-corrected chi connectivity index (χ1v) is 4.43. The van der Waals surface area contributed by atoms with Crippen LogP contribution >= 0.6 is 0 Å². The maximum atomic E-state index is 11.4. The lowest BCUT2D eigenvalue weighted by atomic mass is 9.70. The van der Waals surface area contributed by atoms with Gasteiger partial charge in [-0.2, -0.15) is 0 Å². The molecule has 12 heavy (non-hydrogen) atoms. The van der Waals surface area contributed by atoms with E-state index in [-0.39, 0.29) is 11.2 Å². The molecule has 1 unspecified atom stereocenters. The Hall–Kier alpha value is -0.850. The smallest absolute Gasteiger partial charge is 0.158 e. The van der Waals surface area contributed by atoms with Crippen molar-refractivity contribution >= 4 is 5.78 Å². The zero-order valence-electron chi connectivity index (χ0n) is 7.73. The summed E-state index contributed by atoms with van der Waals surface area (Å²) < 4.78 is 0. The highest BCUT2D eigenvalue weighted by molar-refractivity contribution is 5.96. The minimum absolute atomic E-state index is 0.00289. The SMILES string of the molecule is C=CCC1(C)CCCC(=O)C1=C. The normalized spacial score (nSPS) is 30.4. The van der Waals surface area contributed by atoms with Crippen molar-refractivity contribution < 1.29 is 4.79 Å². The molecule has 1 aliphatic rings. The minimum Gasteiger partial charge on any atom is -0.295 e. The summed E-state index contributed by atoms with van der Waals surface area (Å²) in [6.45, 7) is 9.68. The predicted octanol–water partition coefficient (Wildman–Crippen LogP) is 2.88. The standard InChI is InChI=1S/C11H16O/c1-4-7-11(3)8-5-6-10(12)9(11)2/h4H,1-2,5-8H2,3H3. The van der Waals surface area contributed by atoms with E-state index in [9.17, 15) is 4.79 Å². The Kier molecular flexibility index (Phi) is 2.51. The third kappa shape index (κ3) is 1.50. The Morgan fingerprint density at radius 2 is 2.33 bits per heavy atom. The molecular formula is C11H16O. The summed E-state index contributed by atoms with van der Waals surface area (Å²) in [5.41, 5.74) is 0.797. The molecule has 0 amide bonds. The van der Waals surface area contributed by atoms with Gasteiger partial charge in [0, 0.05) is 6.42 Å². The van der Waals surface area contributed by atoms with Gasteiger partial charge in [0.25, 0.3) is 0 Å². The van der Waals surface area contributed by atoms with Crippen LogP contribution in [0.25, 0.3) is 0 Å². The number of allylic oxidation sites excluding steroid dienone is 2. The molecule has 1 rings (SSSR count). The van der Waals surface area contributed by atoms with Gasteiger partial charge in [0.2, 0.25) is 0 Å². The molecular weight excluding hydrogens is 148 g/mol. The second-order valence-corrected chi connectivity index (χ2v) is 3.81. The van der Waals surface area contributed by atoms with Crippen LogP contribution in [0, 0.1) is 5.41 Å². The van der Waals surface area contributed by atoms with Crippen molar-refractivity contribution in [2.24, 2.45) is 5.41 Å². The van der Waals surface area contributed by atoms with Crippen LogP contribution in [0.2, 0.25) is 0 Å². The molecule has 0 aliphatic heterocycles. The molecule has 0 N–H and O–H groups in total. The van der Waals surface area contributed by atoms with E-state index in [1.807, 2.05) is 6.08 Å². The summed E-state index contributed by atoms with van der Waals surface area (Å²) in [4.78, 5) is 11.4. The zero-order chi connectivity index (χ0) is 9.19. The minimum atomic E-state index is -0.00289. The van der Waals surface area contributed by atoms with E-state index in [1.54, 1.807) is 0 Å². The van der Waals surface area contributed by atoms with Gasteiger partial charge in [-0.3, -0.25) is 4.79 Å². The largest absolute Gasteiger partial charge is 0.295 e. The molecule has 0 bridgehead atoms. The second-order valence-electron chi connectivity index (χ2n) is 3.81. The van der Waals surface area contributed by atoms with Crippen molar-refractivity contribution in [3.8, 4) is 0 Å². The van der Waals surface area contributed by atoms with E-state index < -0.39 is 0 Å². The van der Waals surface area contributed by atoms with Crippen LogP contribution in [-0.4, -0.2) is 5.78 Å². The summed E-state index contributed by atoms with van der Waals surface area (Å²) in [6, 6.07) is 0. The lowest BCUT2D eigenvalue weighted by Gasteiger charge is -2.33. The number of carbonyl (C=O) groups excluding carboxylic acids is 1. The van der Waals surface area contributed by atoms with E-state index in [4.69, 9.17) is 0 Å². The molecule has 0 aromatic heterocycles. The fourth-order valence-electron chi connectivity index (χ4n) is 1.82. The number of Topliss-reactive ketones (excluding diaryl/α,β-unsaturated/α-hetero) is 1. The quantitative estimate of drug-likeness (QED) is 0.453. The molecule has 0 spiro atoms. The molecule has 1 fully saturated rings. The van der Waals surface area contributed by atoms with Crippen molar-refractivity contribution in [1.29, 1.82) is 0 Å². The van der Waals surface area contributed by atoms with Crippen LogP contribution in [0.3, 0.4) is 0 Å².